The van der Waals surface area contributed by atoms with E-state index in [0.717, 1.165) is 32.1 Å². The number of nitrogens with two attached hydrogens (primary N) is 2. The van der Waals surface area contributed by atoms with Gasteiger partial charge in [0.15, 0.2) is 0 Å². The van der Waals surface area contributed by atoms with E-state index in [1.54, 1.807) is 0 Å². The van der Waals surface area contributed by atoms with Crippen molar-refractivity contribution in [3.8, 4) is 6.07 Å². The zero-order chi connectivity index (χ0) is 14.0. The third-order valence-electron chi connectivity index (χ3n) is 4.14. The summed E-state index contributed by atoms with van der Waals surface area (Å²) in [6, 6.07) is 2.17. The van der Waals surface area contributed by atoms with Crippen molar-refractivity contribution < 1.29 is 4.79 Å². The number of carbonyl (C=O) groups is 1. The van der Waals surface area contributed by atoms with Crippen molar-refractivity contribution in [3.05, 3.63) is 11.4 Å². The standard InChI is InChI=1S/C13H18N4OS/c1-19-12-9(11(16)18)13(5-3-2-4-6-13)8(7-14)10(15)17-12/h9H,2-6,15H2,1H3,(H2,16,18)/t9-/m1/s1. The minimum absolute atomic E-state index is 0.256. The fourth-order valence-corrected chi connectivity index (χ4v) is 4.09. The summed E-state index contributed by atoms with van der Waals surface area (Å²) >= 11 is 1.39. The summed E-state index contributed by atoms with van der Waals surface area (Å²) in [5.74, 6) is -0.661. The fraction of sp³-hybridized carbons (Fsp3) is 0.615. The van der Waals surface area contributed by atoms with Crippen LogP contribution in [0.15, 0.2) is 16.4 Å². The second-order valence-corrected chi connectivity index (χ2v) is 5.90. The van der Waals surface area contributed by atoms with E-state index in [1.165, 1.54) is 11.8 Å². The summed E-state index contributed by atoms with van der Waals surface area (Å²) in [5.41, 5.74) is 11.5. The number of thioether (sulfide) groups is 1. The Morgan fingerprint density at radius 1 is 1.47 bits per heavy atom. The number of hydrogen-bond acceptors (Lipinski definition) is 5. The number of nitriles is 1. The van der Waals surface area contributed by atoms with Crippen LogP contribution in [0.2, 0.25) is 0 Å². The number of hydrogen-bond donors (Lipinski definition) is 2. The second-order valence-electron chi connectivity index (χ2n) is 5.08. The lowest BCUT2D eigenvalue weighted by molar-refractivity contribution is -0.123. The molecular weight excluding hydrogens is 260 g/mol. The molecule has 1 aliphatic carbocycles. The zero-order valence-electron chi connectivity index (χ0n) is 11.0. The van der Waals surface area contributed by atoms with Crippen molar-refractivity contribution in [2.24, 2.45) is 27.8 Å². The first-order valence-corrected chi connectivity index (χ1v) is 7.61. The van der Waals surface area contributed by atoms with Crippen molar-refractivity contribution in [2.45, 2.75) is 32.1 Å². The Kier molecular flexibility index (Phi) is 3.85. The third kappa shape index (κ3) is 2.12. The largest absolute Gasteiger partial charge is 0.383 e. The topological polar surface area (TPSA) is 105 Å². The molecule has 2 rings (SSSR count). The minimum atomic E-state index is -0.525. The monoisotopic (exact) mass is 278 g/mol. The number of primary amides is 1. The van der Waals surface area contributed by atoms with Gasteiger partial charge in [-0.25, -0.2) is 4.99 Å². The van der Waals surface area contributed by atoms with Crippen LogP contribution < -0.4 is 11.5 Å². The lowest BCUT2D eigenvalue weighted by atomic mass is 9.61. The maximum atomic E-state index is 11.9. The maximum Gasteiger partial charge on any atom is 0.228 e. The Morgan fingerprint density at radius 3 is 2.58 bits per heavy atom. The number of rotatable bonds is 1. The number of allylic oxidation sites excluding steroid dienone is 1. The van der Waals surface area contributed by atoms with Gasteiger partial charge in [0.25, 0.3) is 0 Å². The van der Waals surface area contributed by atoms with Crippen molar-refractivity contribution in [1.82, 2.24) is 0 Å². The molecule has 1 heterocycles. The van der Waals surface area contributed by atoms with Gasteiger partial charge < -0.3 is 11.5 Å². The maximum absolute atomic E-state index is 11.9. The van der Waals surface area contributed by atoms with E-state index in [2.05, 4.69) is 11.1 Å². The van der Waals surface area contributed by atoms with Crippen LogP contribution in [-0.2, 0) is 4.79 Å². The average Bonchev–Trinajstić information content (AvgIpc) is 2.38. The highest BCUT2D eigenvalue weighted by atomic mass is 32.2. The first-order valence-electron chi connectivity index (χ1n) is 6.39. The van der Waals surface area contributed by atoms with Gasteiger partial charge in [-0.1, -0.05) is 19.3 Å². The Labute approximate surface area is 117 Å². The van der Waals surface area contributed by atoms with Gasteiger partial charge in [-0.2, -0.15) is 5.26 Å². The molecule has 0 aromatic heterocycles. The van der Waals surface area contributed by atoms with Gasteiger partial charge in [0.1, 0.15) is 5.82 Å². The molecule has 0 bridgehead atoms. The smallest absolute Gasteiger partial charge is 0.228 e. The van der Waals surface area contributed by atoms with Crippen LogP contribution in [0.4, 0.5) is 0 Å². The van der Waals surface area contributed by atoms with Crippen LogP contribution in [0.3, 0.4) is 0 Å². The van der Waals surface area contributed by atoms with Crippen LogP contribution in [0.5, 0.6) is 0 Å². The Bertz CT molecular complexity index is 497. The molecule has 5 nitrogen and oxygen atoms in total. The normalized spacial score (nSPS) is 25.9. The summed E-state index contributed by atoms with van der Waals surface area (Å²) in [5, 5.41) is 10.1. The predicted molar refractivity (Wildman–Crippen MR) is 76.0 cm³/mol. The van der Waals surface area contributed by atoms with Gasteiger partial charge >= 0.3 is 0 Å². The number of carbonyl (C=O) groups excluding carboxylic acids is 1. The van der Waals surface area contributed by atoms with E-state index in [4.69, 9.17) is 11.5 Å². The van der Waals surface area contributed by atoms with Crippen molar-refractivity contribution in [3.63, 3.8) is 0 Å². The summed E-state index contributed by atoms with van der Waals surface area (Å²) in [6.45, 7) is 0. The molecular formula is C13H18N4OS. The molecule has 1 atom stereocenters. The van der Waals surface area contributed by atoms with Crippen molar-refractivity contribution in [2.75, 3.05) is 6.26 Å². The molecule has 1 spiro atoms. The van der Waals surface area contributed by atoms with Crippen LogP contribution in [0.1, 0.15) is 32.1 Å². The van der Waals surface area contributed by atoms with E-state index in [9.17, 15) is 10.1 Å². The van der Waals surface area contributed by atoms with E-state index in [0.29, 0.717) is 10.6 Å². The molecule has 1 aliphatic heterocycles. The molecule has 1 fully saturated rings. The predicted octanol–water partition coefficient (Wildman–Crippen LogP) is 1.51. The highest BCUT2D eigenvalue weighted by Crippen LogP contribution is 2.52. The third-order valence-corrected chi connectivity index (χ3v) is 4.88. The molecule has 1 saturated carbocycles. The quantitative estimate of drug-likeness (QED) is 0.758. The van der Waals surface area contributed by atoms with Gasteiger partial charge in [-0.05, 0) is 19.1 Å². The van der Waals surface area contributed by atoms with Crippen LogP contribution in [0.25, 0.3) is 0 Å². The molecule has 6 heteroatoms. The number of amides is 1. The summed E-state index contributed by atoms with van der Waals surface area (Å²) in [7, 11) is 0. The minimum Gasteiger partial charge on any atom is -0.383 e. The van der Waals surface area contributed by atoms with Crippen molar-refractivity contribution >= 4 is 22.7 Å². The average molecular weight is 278 g/mol. The Morgan fingerprint density at radius 2 is 2.11 bits per heavy atom. The Balaban J connectivity index is 2.60. The lowest BCUT2D eigenvalue weighted by Gasteiger charge is -2.44. The van der Waals surface area contributed by atoms with Crippen LogP contribution in [0, 0.1) is 22.7 Å². The molecule has 19 heavy (non-hydrogen) atoms. The summed E-state index contributed by atoms with van der Waals surface area (Å²) in [6.07, 6.45) is 6.52. The first-order chi connectivity index (χ1) is 9.06. The zero-order valence-corrected chi connectivity index (χ0v) is 11.8. The molecule has 4 N–H and O–H groups in total. The van der Waals surface area contributed by atoms with E-state index in [1.807, 2.05) is 6.26 Å². The molecule has 0 aromatic carbocycles. The fourth-order valence-electron chi connectivity index (χ4n) is 3.32. The molecule has 102 valence electrons. The molecule has 2 aliphatic rings. The molecule has 0 unspecified atom stereocenters. The van der Waals surface area contributed by atoms with Crippen LogP contribution in [-0.4, -0.2) is 17.2 Å². The summed E-state index contributed by atoms with van der Waals surface area (Å²) in [4.78, 5) is 16.1. The lowest BCUT2D eigenvalue weighted by Crippen LogP contribution is -2.48. The Hall–Kier alpha value is -1.48. The number of nitrogens with zero attached hydrogens (tertiary/aromatic N) is 2. The van der Waals surface area contributed by atoms with Gasteiger partial charge in [0.05, 0.1) is 22.6 Å². The molecule has 0 radical (unpaired) electrons. The summed E-state index contributed by atoms with van der Waals surface area (Å²) < 4.78 is 0. The first kappa shape index (κ1) is 13.9. The highest BCUT2D eigenvalue weighted by molar-refractivity contribution is 8.13. The number of aliphatic imine (C=N–C) groups is 1. The highest BCUT2D eigenvalue weighted by Gasteiger charge is 2.51. The van der Waals surface area contributed by atoms with E-state index >= 15 is 0 Å². The molecule has 0 saturated heterocycles. The van der Waals surface area contributed by atoms with Crippen molar-refractivity contribution in [1.29, 1.82) is 5.26 Å². The van der Waals surface area contributed by atoms with Gasteiger partial charge in [0, 0.05) is 5.41 Å². The second kappa shape index (κ2) is 5.25. The van der Waals surface area contributed by atoms with Gasteiger partial charge in [-0.15, -0.1) is 11.8 Å². The SMILES string of the molecule is CSC1=NC(N)=C(C#N)C2(CCCCC2)[C@@H]1C(N)=O. The van der Waals surface area contributed by atoms with Crippen LogP contribution >= 0.6 is 11.8 Å². The molecule has 0 aromatic rings. The van der Waals surface area contributed by atoms with E-state index < -0.39 is 17.2 Å². The van der Waals surface area contributed by atoms with Gasteiger partial charge in [0.2, 0.25) is 5.91 Å². The van der Waals surface area contributed by atoms with Gasteiger partial charge in [-0.3, -0.25) is 4.79 Å². The van der Waals surface area contributed by atoms with E-state index in [-0.39, 0.29) is 5.82 Å². The molecule has 1 amide bonds.